The number of nitrogens with zero attached hydrogens (tertiary/aromatic N) is 1. The van der Waals surface area contributed by atoms with Gasteiger partial charge < -0.3 is 9.47 Å². The van der Waals surface area contributed by atoms with Crippen LogP contribution in [0.5, 0.6) is 11.5 Å². The number of rotatable bonds is 6. The second-order valence-electron chi connectivity index (χ2n) is 7.71. The number of carbonyl (C=O) groups excluding carboxylic acids is 3. The normalized spacial score (nSPS) is 14.8. The van der Waals surface area contributed by atoms with Crippen LogP contribution in [0.15, 0.2) is 70.7 Å². The Balaban J connectivity index is 1.69. The molecule has 0 atom stereocenters. The fourth-order valence-corrected chi connectivity index (χ4v) is 4.00. The van der Waals surface area contributed by atoms with Crippen molar-refractivity contribution < 1.29 is 28.2 Å². The second kappa shape index (κ2) is 10.1. The van der Waals surface area contributed by atoms with E-state index < -0.39 is 17.8 Å². The summed E-state index contributed by atoms with van der Waals surface area (Å²) in [6.45, 7) is 1.87. The first-order valence-electron chi connectivity index (χ1n) is 10.5. The molecule has 0 bridgehead atoms. The third kappa shape index (κ3) is 5.25. The van der Waals surface area contributed by atoms with E-state index in [1.165, 1.54) is 25.3 Å². The van der Waals surface area contributed by atoms with E-state index in [1.807, 2.05) is 0 Å². The molecule has 1 aliphatic heterocycles. The zero-order valence-electron chi connectivity index (χ0n) is 18.8. The largest absolute Gasteiger partial charge is 0.497 e. The topological polar surface area (TPSA) is 84.9 Å². The van der Waals surface area contributed by atoms with Crippen molar-refractivity contribution in [2.24, 2.45) is 0 Å². The number of barbiturate groups is 1. The predicted molar refractivity (Wildman–Crippen MR) is 132 cm³/mol. The first-order valence-corrected chi connectivity index (χ1v) is 11.3. The van der Waals surface area contributed by atoms with E-state index in [-0.39, 0.29) is 18.0 Å². The Labute approximate surface area is 209 Å². The van der Waals surface area contributed by atoms with Crippen LogP contribution in [0.3, 0.4) is 0 Å². The van der Waals surface area contributed by atoms with Gasteiger partial charge in [0.1, 0.15) is 29.5 Å². The summed E-state index contributed by atoms with van der Waals surface area (Å²) in [5.41, 5.74) is 1.94. The van der Waals surface area contributed by atoms with Crippen LogP contribution < -0.4 is 19.7 Å². The summed E-state index contributed by atoms with van der Waals surface area (Å²) < 4.78 is 25.2. The first-order chi connectivity index (χ1) is 16.8. The number of anilines is 1. The standard InChI is InChI=1S/C26H20BrFN2O5/c1-15-11-18(27)6-10-22(15)30-25(32)21(24(31)29-26(30)33)12-17-5-9-20(34-2)13-23(17)35-14-16-3-7-19(28)8-4-16/h3-13H,14H2,1-2H3,(H,29,31,33)/b21-12-. The van der Waals surface area contributed by atoms with Gasteiger partial charge in [-0.25, -0.2) is 14.1 Å². The van der Waals surface area contributed by atoms with Crippen LogP contribution in [0.2, 0.25) is 0 Å². The van der Waals surface area contributed by atoms with Gasteiger partial charge in [-0.3, -0.25) is 14.9 Å². The van der Waals surface area contributed by atoms with Gasteiger partial charge in [0.05, 0.1) is 12.8 Å². The van der Waals surface area contributed by atoms with E-state index in [1.54, 1.807) is 55.5 Å². The van der Waals surface area contributed by atoms with E-state index in [2.05, 4.69) is 21.2 Å². The third-order valence-electron chi connectivity index (χ3n) is 5.33. The second-order valence-corrected chi connectivity index (χ2v) is 8.62. The lowest BCUT2D eigenvalue weighted by molar-refractivity contribution is -0.122. The van der Waals surface area contributed by atoms with Gasteiger partial charge in [-0.1, -0.05) is 28.1 Å². The summed E-state index contributed by atoms with van der Waals surface area (Å²) in [5.74, 6) is -1.09. The molecular weight excluding hydrogens is 519 g/mol. The average Bonchev–Trinajstić information content (AvgIpc) is 2.83. The molecule has 35 heavy (non-hydrogen) atoms. The number of hydrogen-bond acceptors (Lipinski definition) is 5. The Bertz CT molecular complexity index is 1350. The number of methoxy groups -OCH3 is 1. The number of carbonyl (C=O) groups is 3. The molecule has 7 nitrogen and oxygen atoms in total. The van der Waals surface area contributed by atoms with Crippen molar-refractivity contribution >= 4 is 45.5 Å². The fourth-order valence-electron chi connectivity index (χ4n) is 3.53. The molecule has 1 heterocycles. The van der Waals surface area contributed by atoms with Gasteiger partial charge in [-0.05, 0) is 66.6 Å². The van der Waals surface area contributed by atoms with Gasteiger partial charge in [0, 0.05) is 16.1 Å². The summed E-state index contributed by atoms with van der Waals surface area (Å²) in [4.78, 5) is 39.4. The quantitative estimate of drug-likeness (QED) is 0.346. The average molecular weight is 539 g/mol. The molecule has 1 saturated heterocycles. The summed E-state index contributed by atoms with van der Waals surface area (Å²) in [5, 5.41) is 2.22. The summed E-state index contributed by atoms with van der Waals surface area (Å²) in [6.07, 6.45) is 1.37. The SMILES string of the molecule is COc1ccc(/C=C2/C(=O)NC(=O)N(c3ccc(Br)cc3C)C2=O)c(OCc2ccc(F)cc2)c1. The van der Waals surface area contributed by atoms with Crippen LogP contribution in [-0.2, 0) is 16.2 Å². The van der Waals surface area contributed by atoms with Gasteiger partial charge in [0.2, 0.25) is 0 Å². The molecule has 1 aliphatic rings. The minimum Gasteiger partial charge on any atom is -0.497 e. The van der Waals surface area contributed by atoms with E-state index in [9.17, 15) is 18.8 Å². The zero-order chi connectivity index (χ0) is 25.1. The maximum atomic E-state index is 13.3. The molecule has 0 spiro atoms. The van der Waals surface area contributed by atoms with Crippen LogP contribution in [-0.4, -0.2) is 25.0 Å². The van der Waals surface area contributed by atoms with Crippen molar-refractivity contribution in [3.8, 4) is 11.5 Å². The monoisotopic (exact) mass is 538 g/mol. The van der Waals surface area contributed by atoms with Crippen molar-refractivity contribution in [3.05, 3.63) is 93.2 Å². The minimum absolute atomic E-state index is 0.118. The molecule has 1 fully saturated rings. The van der Waals surface area contributed by atoms with E-state index in [4.69, 9.17) is 9.47 Å². The Morgan fingerprint density at radius 1 is 1.03 bits per heavy atom. The summed E-state index contributed by atoms with van der Waals surface area (Å²) in [6, 6.07) is 15.0. The van der Waals surface area contributed by atoms with Crippen LogP contribution in [0.25, 0.3) is 6.08 Å². The molecule has 0 saturated carbocycles. The van der Waals surface area contributed by atoms with Crippen molar-refractivity contribution in [1.29, 1.82) is 0 Å². The predicted octanol–water partition coefficient (Wildman–Crippen LogP) is 5.15. The number of ether oxygens (including phenoxy) is 2. The smallest absolute Gasteiger partial charge is 0.335 e. The fraction of sp³-hybridized carbons (Fsp3) is 0.115. The van der Waals surface area contributed by atoms with E-state index >= 15 is 0 Å². The van der Waals surface area contributed by atoms with Crippen molar-refractivity contribution in [3.63, 3.8) is 0 Å². The highest BCUT2D eigenvalue weighted by atomic mass is 79.9. The zero-order valence-corrected chi connectivity index (χ0v) is 20.4. The van der Waals surface area contributed by atoms with Gasteiger partial charge >= 0.3 is 6.03 Å². The Hall–Kier alpha value is -3.98. The lowest BCUT2D eigenvalue weighted by Crippen LogP contribution is -2.54. The lowest BCUT2D eigenvalue weighted by Gasteiger charge is -2.27. The molecule has 0 aliphatic carbocycles. The number of hydrogen-bond donors (Lipinski definition) is 1. The number of halogens is 2. The highest BCUT2D eigenvalue weighted by Crippen LogP contribution is 2.31. The maximum Gasteiger partial charge on any atom is 0.335 e. The molecule has 1 N–H and O–H groups in total. The van der Waals surface area contributed by atoms with Crippen molar-refractivity contribution in [2.75, 3.05) is 12.0 Å². The molecule has 9 heteroatoms. The van der Waals surface area contributed by atoms with Crippen LogP contribution in [0.1, 0.15) is 16.7 Å². The molecule has 178 valence electrons. The third-order valence-corrected chi connectivity index (χ3v) is 5.82. The molecular formula is C26H20BrFN2O5. The van der Waals surface area contributed by atoms with Gasteiger partial charge in [-0.15, -0.1) is 0 Å². The number of nitrogens with one attached hydrogen (secondary N) is 1. The minimum atomic E-state index is -0.829. The Morgan fingerprint density at radius 2 is 1.77 bits per heavy atom. The number of imide groups is 2. The van der Waals surface area contributed by atoms with Gasteiger partial charge in [0.15, 0.2) is 0 Å². The molecule has 3 aromatic carbocycles. The lowest BCUT2D eigenvalue weighted by atomic mass is 10.0. The number of amides is 4. The van der Waals surface area contributed by atoms with Crippen LogP contribution >= 0.6 is 15.9 Å². The van der Waals surface area contributed by atoms with E-state index in [0.717, 1.165) is 14.9 Å². The number of benzene rings is 3. The highest BCUT2D eigenvalue weighted by Gasteiger charge is 2.37. The van der Waals surface area contributed by atoms with E-state index in [0.29, 0.717) is 28.3 Å². The Morgan fingerprint density at radius 3 is 2.46 bits per heavy atom. The first kappa shape index (κ1) is 24.2. The highest BCUT2D eigenvalue weighted by molar-refractivity contribution is 9.10. The van der Waals surface area contributed by atoms with Crippen LogP contribution in [0, 0.1) is 12.7 Å². The molecule has 0 unspecified atom stereocenters. The summed E-state index contributed by atoms with van der Waals surface area (Å²) >= 11 is 3.36. The van der Waals surface area contributed by atoms with Gasteiger partial charge in [-0.2, -0.15) is 0 Å². The molecule has 4 amide bonds. The molecule has 3 aromatic rings. The molecule has 4 rings (SSSR count). The Kier molecular flexibility index (Phi) is 6.97. The number of aryl methyl sites for hydroxylation is 1. The van der Waals surface area contributed by atoms with Gasteiger partial charge in [0.25, 0.3) is 11.8 Å². The molecule has 0 aromatic heterocycles. The number of urea groups is 1. The molecule has 0 radical (unpaired) electrons. The summed E-state index contributed by atoms with van der Waals surface area (Å²) in [7, 11) is 1.50. The maximum absolute atomic E-state index is 13.3. The van der Waals surface area contributed by atoms with Crippen molar-refractivity contribution in [2.45, 2.75) is 13.5 Å². The van der Waals surface area contributed by atoms with Crippen LogP contribution in [0.4, 0.5) is 14.9 Å². The van der Waals surface area contributed by atoms with Crippen molar-refractivity contribution in [1.82, 2.24) is 5.32 Å².